The van der Waals surface area contributed by atoms with Crippen LogP contribution in [0.15, 0.2) is 5.38 Å². The van der Waals surface area contributed by atoms with Crippen LogP contribution in [-0.4, -0.2) is 36.4 Å². The molecular formula is C12H18N2O2S2. The summed E-state index contributed by atoms with van der Waals surface area (Å²) in [6, 6.07) is 0.686. The maximum Gasteiger partial charge on any atom is 0.318 e. The third-order valence-corrected chi connectivity index (χ3v) is 5.09. The van der Waals surface area contributed by atoms with Crippen LogP contribution in [0.4, 0.5) is 5.13 Å². The number of nitrogens with zero attached hydrogens (tertiary/aromatic N) is 2. The number of thiazole rings is 1. The molecule has 0 radical (unpaired) electrons. The smallest absolute Gasteiger partial charge is 0.318 e. The van der Waals surface area contributed by atoms with Gasteiger partial charge in [-0.25, -0.2) is 4.98 Å². The van der Waals surface area contributed by atoms with E-state index in [9.17, 15) is 4.79 Å². The van der Waals surface area contributed by atoms with Crippen LogP contribution in [0.1, 0.15) is 25.5 Å². The van der Waals surface area contributed by atoms with Gasteiger partial charge in [-0.1, -0.05) is 0 Å². The summed E-state index contributed by atoms with van der Waals surface area (Å²) >= 11 is 3.24. The van der Waals surface area contributed by atoms with Crippen LogP contribution in [-0.2, 0) is 15.3 Å². The Kier molecular flexibility index (Phi) is 4.50. The molecule has 0 N–H and O–H groups in total. The van der Waals surface area contributed by atoms with Gasteiger partial charge in [0.15, 0.2) is 5.13 Å². The minimum absolute atomic E-state index is 0.138. The molecule has 100 valence electrons. The molecule has 1 aliphatic carbocycles. The highest BCUT2D eigenvalue weighted by molar-refractivity contribution is 7.99. The Labute approximate surface area is 116 Å². The topological polar surface area (TPSA) is 42.4 Å². The fourth-order valence-corrected chi connectivity index (χ4v) is 3.36. The zero-order chi connectivity index (χ0) is 13.1. The van der Waals surface area contributed by atoms with E-state index in [4.69, 9.17) is 4.74 Å². The minimum atomic E-state index is -0.175. The monoisotopic (exact) mass is 286 g/mol. The first-order valence-corrected chi connectivity index (χ1v) is 7.91. The molecule has 6 heteroatoms. The molecule has 0 unspecified atom stereocenters. The number of hydrogen-bond acceptors (Lipinski definition) is 6. The number of aromatic nitrogens is 1. The first-order chi connectivity index (χ1) is 8.61. The Bertz CT molecular complexity index is 418. The first-order valence-electron chi connectivity index (χ1n) is 5.98. The molecule has 2 rings (SSSR count). The second-order valence-corrected chi connectivity index (χ2v) is 6.61. The van der Waals surface area contributed by atoms with Crippen LogP contribution in [0.25, 0.3) is 0 Å². The molecule has 1 aliphatic rings. The molecule has 0 saturated heterocycles. The third-order valence-electron chi connectivity index (χ3n) is 2.95. The van der Waals surface area contributed by atoms with Crippen LogP contribution in [0, 0.1) is 0 Å². The van der Waals surface area contributed by atoms with Crippen molar-refractivity contribution in [2.75, 3.05) is 19.1 Å². The summed E-state index contributed by atoms with van der Waals surface area (Å²) in [6.07, 6.45) is 2.55. The van der Waals surface area contributed by atoms with E-state index in [0.29, 0.717) is 6.04 Å². The zero-order valence-corrected chi connectivity index (χ0v) is 12.5. The number of thioether (sulfide) groups is 1. The summed E-state index contributed by atoms with van der Waals surface area (Å²) in [5.41, 5.74) is 1.04. The zero-order valence-electron chi connectivity index (χ0n) is 10.9. The second-order valence-electron chi connectivity index (χ2n) is 4.44. The summed E-state index contributed by atoms with van der Waals surface area (Å²) in [6.45, 7) is 1.86. The minimum Gasteiger partial charge on any atom is -0.468 e. The van der Waals surface area contributed by atoms with E-state index in [1.165, 1.54) is 20.0 Å². The fourth-order valence-electron chi connectivity index (χ4n) is 1.59. The Morgan fingerprint density at radius 2 is 2.44 bits per heavy atom. The highest BCUT2D eigenvalue weighted by atomic mass is 32.2. The molecule has 1 heterocycles. The van der Waals surface area contributed by atoms with Crippen LogP contribution in [0.3, 0.4) is 0 Å². The fraction of sp³-hybridized carbons (Fsp3) is 0.667. The van der Waals surface area contributed by atoms with Crippen LogP contribution in [0.5, 0.6) is 0 Å². The number of carbonyl (C=O) groups is 1. The Morgan fingerprint density at radius 1 is 1.72 bits per heavy atom. The van der Waals surface area contributed by atoms with E-state index < -0.39 is 0 Å². The van der Waals surface area contributed by atoms with Gasteiger partial charge in [0.1, 0.15) is 0 Å². The van der Waals surface area contributed by atoms with Gasteiger partial charge in [-0.2, -0.15) is 0 Å². The van der Waals surface area contributed by atoms with Gasteiger partial charge in [-0.3, -0.25) is 4.79 Å². The van der Waals surface area contributed by atoms with Crippen molar-refractivity contribution in [2.45, 2.75) is 36.8 Å². The lowest BCUT2D eigenvalue weighted by Crippen LogP contribution is -2.19. The Hall–Kier alpha value is -0.750. The van der Waals surface area contributed by atoms with Gasteiger partial charge in [0.05, 0.1) is 18.1 Å². The van der Waals surface area contributed by atoms with Gasteiger partial charge in [-0.05, 0) is 19.8 Å². The lowest BCUT2D eigenvalue weighted by molar-refractivity contribution is -0.139. The number of esters is 1. The van der Waals surface area contributed by atoms with Gasteiger partial charge in [0.2, 0.25) is 0 Å². The van der Waals surface area contributed by atoms with E-state index in [1.54, 1.807) is 23.1 Å². The molecule has 0 amide bonds. The molecule has 0 bridgehead atoms. The van der Waals surface area contributed by atoms with E-state index >= 15 is 0 Å². The highest BCUT2D eigenvalue weighted by Crippen LogP contribution is 2.32. The first kappa shape index (κ1) is 13.7. The molecule has 1 aromatic heterocycles. The summed E-state index contributed by atoms with van der Waals surface area (Å²) in [5.74, 6) is 0.580. The number of methoxy groups -OCH3 is 1. The average Bonchev–Trinajstić information content (AvgIpc) is 3.13. The molecule has 1 atom stereocenters. The van der Waals surface area contributed by atoms with E-state index in [2.05, 4.69) is 22.3 Å². The van der Waals surface area contributed by atoms with Crippen molar-refractivity contribution in [3.63, 3.8) is 0 Å². The largest absolute Gasteiger partial charge is 0.468 e. The molecule has 0 spiro atoms. The van der Waals surface area contributed by atoms with Gasteiger partial charge in [0.25, 0.3) is 0 Å². The van der Waals surface area contributed by atoms with Gasteiger partial charge in [0, 0.05) is 24.2 Å². The third kappa shape index (κ3) is 3.38. The number of anilines is 1. The van der Waals surface area contributed by atoms with Gasteiger partial charge >= 0.3 is 5.97 Å². The van der Waals surface area contributed by atoms with Crippen molar-refractivity contribution in [2.24, 2.45) is 0 Å². The summed E-state index contributed by atoms with van der Waals surface area (Å²) in [7, 11) is 3.52. The standard InChI is InChI=1S/C12H18N2O2S2/c1-8(11(15)16-3)17-6-9-7-18-12(13-9)14(2)10-4-5-10/h7-8,10H,4-6H2,1-3H3/t8-/m0/s1. The van der Waals surface area contributed by atoms with Crippen LogP contribution < -0.4 is 4.90 Å². The van der Waals surface area contributed by atoms with Crippen molar-refractivity contribution < 1.29 is 9.53 Å². The maximum atomic E-state index is 11.3. The highest BCUT2D eigenvalue weighted by Gasteiger charge is 2.28. The summed E-state index contributed by atoms with van der Waals surface area (Å²) in [5, 5.41) is 3.02. The number of ether oxygens (including phenoxy) is 1. The lowest BCUT2D eigenvalue weighted by Gasteiger charge is -2.13. The number of rotatable bonds is 6. The molecule has 18 heavy (non-hydrogen) atoms. The van der Waals surface area contributed by atoms with Gasteiger partial charge < -0.3 is 9.64 Å². The van der Waals surface area contributed by atoms with Crippen molar-refractivity contribution in [3.8, 4) is 0 Å². The maximum absolute atomic E-state index is 11.3. The predicted molar refractivity (Wildman–Crippen MR) is 76.3 cm³/mol. The van der Waals surface area contributed by atoms with Crippen molar-refractivity contribution in [1.29, 1.82) is 0 Å². The molecular weight excluding hydrogens is 268 g/mol. The SMILES string of the molecule is COC(=O)[C@H](C)SCc1csc(N(C)C2CC2)n1. The molecule has 1 aromatic rings. The number of hydrogen-bond donors (Lipinski definition) is 0. The van der Waals surface area contributed by atoms with Crippen molar-refractivity contribution in [1.82, 2.24) is 4.98 Å². The van der Waals surface area contributed by atoms with Crippen molar-refractivity contribution >= 4 is 34.2 Å². The molecule has 0 aromatic carbocycles. The molecule has 1 fully saturated rings. The quantitative estimate of drug-likeness (QED) is 0.752. The average molecular weight is 286 g/mol. The summed E-state index contributed by atoms with van der Waals surface area (Å²) < 4.78 is 4.70. The van der Waals surface area contributed by atoms with Crippen LogP contribution in [0.2, 0.25) is 0 Å². The lowest BCUT2D eigenvalue weighted by atomic mass is 10.5. The van der Waals surface area contributed by atoms with Crippen molar-refractivity contribution in [3.05, 3.63) is 11.1 Å². The normalized spacial score (nSPS) is 16.4. The second kappa shape index (κ2) is 5.93. The summed E-state index contributed by atoms with van der Waals surface area (Å²) in [4.78, 5) is 18.1. The van der Waals surface area contributed by atoms with E-state index in [-0.39, 0.29) is 11.2 Å². The van der Waals surface area contributed by atoms with E-state index in [0.717, 1.165) is 16.6 Å². The molecule has 4 nitrogen and oxygen atoms in total. The Morgan fingerprint density at radius 3 is 3.06 bits per heavy atom. The Balaban J connectivity index is 1.84. The van der Waals surface area contributed by atoms with Crippen LogP contribution >= 0.6 is 23.1 Å². The number of carbonyl (C=O) groups excluding carboxylic acids is 1. The molecule has 0 aliphatic heterocycles. The van der Waals surface area contributed by atoms with Gasteiger partial charge in [-0.15, -0.1) is 23.1 Å². The predicted octanol–water partition coefficient (Wildman–Crippen LogP) is 2.54. The molecule has 1 saturated carbocycles. The van der Waals surface area contributed by atoms with E-state index in [1.807, 2.05) is 6.92 Å².